The highest BCUT2D eigenvalue weighted by molar-refractivity contribution is 9.09. The molecule has 0 atom stereocenters. The highest BCUT2D eigenvalue weighted by Gasteiger charge is 2.05. The molecule has 1 heterocycles. The molecule has 0 saturated heterocycles. The first-order valence-corrected chi connectivity index (χ1v) is 6.04. The summed E-state index contributed by atoms with van der Waals surface area (Å²) in [5.41, 5.74) is 1.52. The zero-order chi connectivity index (χ0) is 12.3. The van der Waals surface area contributed by atoms with E-state index in [-0.39, 0.29) is 11.2 Å². The number of nitrogens with zero attached hydrogens (tertiary/aromatic N) is 4. The Morgan fingerprint density at radius 2 is 2.35 bits per heavy atom. The zero-order valence-corrected chi connectivity index (χ0v) is 10.7. The van der Waals surface area contributed by atoms with Crippen molar-refractivity contribution in [2.45, 2.75) is 6.92 Å². The normalized spacial score (nSPS) is 10.2. The van der Waals surface area contributed by atoms with E-state index in [0.29, 0.717) is 11.5 Å². The van der Waals surface area contributed by atoms with Crippen LogP contribution < -0.4 is 5.32 Å². The van der Waals surface area contributed by atoms with Crippen LogP contribution in [0.5, 0.6) is 0 Å². The average Bonchev–Trinajstić information content (AvgIpc) is 2.75. The van der Waals surface area contributed by atoms with Crippen LogP contribution in [0.15, 0.2) is 24.3 Å². The van der Waals surface area contributed by atoms with Gasteiger partial charge in [0.1, 0.15) is 0 Å². The summed E-state index contributed by atoms with van der Waals surface area (Å²) in [6.07, 6.45) is 0. The fourth-order valence-electron chi connectivity index (χ4n) is 1.38. The number of aromatic nitrogens is 4. The summed E-state index contributed by atoms with van der Waals surface area (Å²) in [6, 6.07) is 7.32. The minimum atomic E-state index is -0.101. The van der Waals surface area contributed by atoms with Crippen molar-refractivity contribution in [1.29, 1.82) is 0 Å². The van der Waals surface area contributed by atoms with E-state index in [0.717, 1.165) is 5.69 Å². The van der Waals surface area contributed by atoms with Gasteiger partial charge in [0.15, 0.2) is 5.82 Å². The summed E-state index contributed by atoms with van der Waals surface area (Å²) in [5.74, 6) is 0.588. The molecule has 1 N–H and O–H groups in total. The predicted octanol–water partition coefficient (Wildman–Crippen LogP) is 1.30. The fraction of sp³-hybridized carbons (Fsp3) is 0.200. The van der Waals surface area contributed by atoms with Gasteiger partial charge in [0, 0.05) is 5.69 Å². The Labute approximate surface area is 106 Å². The quantitative estimate of drug-likeness (QED) is 0.867. The maximum Gasteiger partial charge on any atom is 0.235 e. The molecule has 1 amide bonds. The van der Waals surface area contributed by atoms with Crippen molar-refractivity contribution in [2.75, 3.05) is 10.6 Å². The van der Waals surface area contributed by atoms with Crippen molar-refractivity contribution in [1.82, 2.24) is 20.2 Å². The summed E-state index contributed by atoms with van der Waals surface area (Å²) < 4.78 is 1.60. The SMILES string of the molecule is Cc1nnnn1-c1cccc(NC(=O)CBr)c1. The lowest BCUT2D eigenvalue weighted by Crippen LogP contribution is -2.12. The van der Waals surface area contributed by atoms with Crippen LogP contribution in [-0.4, -0.2) is 31.4 Å². The van der Waals surface area contributed by atoms with Gasteiger partial charge in [-0.1, -0.05) is 22.0 Å². The summed E-state index contributed by atoms with van der Waals surface area (Å²) in [5, 5.41) is 14.3. The number of nitrogens with one attached hydrogen (secondary N) is 1. The van der Waals surface area contributed by atoms with Gasteiger partial charge in [-0.2, -0.15) is 4.68 Å². The lowest BCUT2D eigenvalue weighted by atomic mass is 10.2. The number of anilines is 1. The lowest BCUT2D eigenvalue weighted by Gasteiger charge is -2.06. The van der Waals surface area contributed by atoms with Gasteiger partial charge in [-0.3, -0.25) is 4.79 Å². The number of hydrogen-bond donors (Lipinski definition) is 1. The molecule has 0 saturated carbocycles. The van der Waals surface area contributed by atoms with Crippen LogP contribution in [0.2, 0.25) is 0 Å². The molecule has 0 fully saturated rings. The molecule has 0 aliphatic carbocycles. The number of benzene rings is 1. The van der Waals surface area contributed by atoms with Crippen molar-refractivity contribution in [3.63, 3.8) is 0 Å². The molecule has 7 heteroatoms. The molecule has 0 bridgehead atoms. The Morgan fingerprint density at radius 1 is 1.53 bits per heavy atom. The number of amides is 1. The topological polar surface area (TPSA) is 72.7 Å². The smallest absolute Gasteiger partial charge is 0.235 e. The maximum atomic E-state index is 11.2. The third-order valence-corrected chi connectivity index (χ3v) is 2.63. The van der Waals surface area contributed by atoms with Gasteiger partial charge < -0.3 is 5.32 Å². The highest BCUT2D eigenvalue weighted by Crippen LogP contribution is 2.14. The third kappa shape index (κ3) is 2.68. The van der Waals surface area contributed by atoms with Crippen LogP contribution >= 0.6 is 15.9 Å². The van der Waals surface area contributed by atoms with Gasteiger partial charge >= 0.3 is 0 Å². The maximum absolute atomic E-state index is 11.2. The molecule has 0 radical (unpaired) electrons. The van der Waals surface area contributed by atoms with Crippen LogP contribution in [0.3, 0.4) is 0 Å². The number of halogens is 1. The van der Waals surface area contributed by atoms with Gasteiger partial charge in [-0.15, -0.1) is 5.10 Å². The summed E-state index contributed by atoms with van der Waals surface area (Å²) in [6.45, 7) is 1.81. The van der Waals surface area contributed by atoms with Crippen molar-refractivity contribution >= 4 is 27.5 Å². The van der Waals surface area contributed by atoms with E-state index >= 15 is 0 Å². The number of carbonyl (C=O) groups excluding carboxylic acids is 1. The Morgan fingerprint density at radius 3 is 3.00 bits per heavy atom. The molecule has 0 aliphatic rings. The molecule has 6 nitrogen and oxygen atoms in total. The molecule has 2 rings (SSSR count). The van der Waals surface area contributed by atoms with Crippen molar-refractivity contribution in [3.05, 3.63) is 30.1 Å². The molecule has 88 valence electrons. The monoisotopic (exact) mass is 295 g/mol. The van der Waals surface area contributed by atoms with Gasteiger partial charge in [0.05, 0.1) is 11.0 Å². The van der Waals surface area contributed by atoms with Crippen molar-refractivity contribution in [2.24, 2.45) is 0 Å². The minimum absolute atomic E-state index is 0.101. The number of aryl methyl sites for hydroxylation is 1. The van der Waals surface area contributed by atoms with Crippen molar-refractivity contribution in [3.8, 4) is 5.69 Å². The molecule has 1 aromatic heterocycles. The lowest BCUT2D eigenvalue weighted by molar-refractivity contribution is -0.113. The summed E-state index contributed by atoms with van der Waals surface area (Å²) >= 11 is 3.09. The van der Waals surface area contributed by atoms with Crippen LogP contribution in [0.25, 0.3) is 5.69 Å². The van der Waals surface area contributed by atoms with Crippen molar-refractivity contribution < 1.29 is 4.79 Å². The molecule has 17 heavy (non-hydrogen) atoms. The van der Waals surface area contributed by atoms with Gasteiger partial charge in [-0.25, -0.2) is 0 Å². The largest absolute Gasteiger partial charge is 0.325 e. The average molecular weight is 296 g/mol. The van der Waals surface area contributed by atoms with E-state index in [1.165, 1.54) is 0 Å². The van der Waals surface area contributed by atoms with E-state index in [4.69, 9.17) is 0 Å². The molecule has 0 spiro atoms. The highest BCUT2D eigenvalue weighted by atomic mass is 79.9. The summed E-state index contributed by atoms with van der Waals surface area (Å²) in [4.78, 5) is 11.2. The third-order valence-electron chi connectivity index (χ3n) is 2.12. The number of rotatable bonds is 3. The molecular formula is C10H10BrN5O. The molecule has 2 aromatic rings. The molecular weight excluding hydrogens is 286 g/mol. The Kier molecular flexibility index (Phi) is 3.48. The van der Waals surface area contributed by atoms with Gasteiger partial charge in [0.25, 0.3) is 0 Å². The first-order chi connectivity index (χ1) is 8.20. The van der Waals surface area contributed by atoms with E-state index in [1.54, 1.807) is 4.68 Å². The van der Waals surface area contributed by atoms with Gasteiger partial charge in [-0.05, 0) is 35.5 Å². The second-order valence-electron chi connectivity index (χ2n) is 3.37. The zero-order valence-electron chi connectivity index (χ0n) is 9.09. The first kappa shape index (κ1) is 11.7. The van der Waals surface area contributed by atoms with Crippen LogP contribution in [0, 0.1) is 6.92 Å². The Bertz CT molecular complexity index is 539. The number of hydrogen-bond acceptors (Lipinski definition) is 4. The second kappa shape index (κ2) is 5.05. The number of alkyl halides is 1. The molecule has 0 aliphatic heterocycles. The van der Waals surface area contributed by atoms with Gasteiger partial charge in [0.2, 0.25) is 5.91 Å². The minimum Gasteiger partial charge on any atom is -0.325 e. The van der Waals surface area contributed by atoms with E-state index in [9.17, 15) is 4.79 Å². The van der Waals surface area contributed by atoms with E-state index in [1.807, 2.05) is 31.2 Å². The number of tetrazole rings is 1. The second-order valence-corrected chi connectivity index (χ2v) is 3.93. The van der Waals surface area contributed by atoms with E-state index < -0.39 is 0 Å². The number of carbonyl (C=O) groups is 1. The van der Waals surface area contributed by atoms with Crippen LogP contribution in [-0.2, 0) is 4.79 Å². The predicted molar refractivity (Wildman–Crippen MR) is 66.3 cm³/mol. The molecule has 0 unspecified atom stereocenters. The fourth-order valence-corrected chi connectivity index (χ4v) is 1.52. The molecule has 1 aromatic carbocycles. The van der Waals surface area contributed by atoms with Crippen LogP contribution in [0.1, 0.15) is 5.82 Å². The standard InChI is InChI=1S/C10H10BrN5O/c1-7-13-14-15-16(7)9-4-2-3-8(5-9)12-10(17)6-11/h2-5H,6H2,1H3,(H,12,17). The summed E-state index contributed by atoms with van der Waals surface area (Å²) in [7, 11) is 0. The van der Waals surface area contributed by atoms with Crippen LogP contribution in [0.4, 0.5) is 5.69 Å². The Hall–Kier alpha value is -1.76. The first-order valence-electron chi connectivity index (χ1n) is 4.92. The Balaban J connectivity index is 2.29. The van der Waals surface area contributed by atoms with E-state index in [2.05, 4.69) is 36.8 Å².